The second-order valence-corrected chi connectivity index (χ2v) is 4.68. The minimum Gasteiger partial charge on any atom is -0.317 e. The number of hydroxylamine groups is 1. The molecule has 0 saturated carbocycles. The summed E-state index contributed by atoms with van der Waals surface area (Å²) in [4.78, 5) is 14.0. The summed E-state index contributed by atoms with van der Waals surface area (Å²) in [6.07, 6.45) is 6.51. The van der Waals surface area contributed by atoms with Crippen molar-refractivity contribution in [2.75, 3.05) is 39.3 Å². The molecule has 0 unspecified atom stereocenters. The minimum absolute atomic E-state index is 0.556. The van der Waals surface area contributed by atoms with Gasteiger partial charge in [-0.3, -0.25) is 4.84 Å². The Morgan fingerprint density at radius 1 is 0.600 bits per heavy atom. The van der Waals surface area contributed by atoms with Crippen LogP contribution >= 0.6 is 0 Å². The van der Waals surface area contributed by atoms with Crippen LogP contribution in [0.3, 0.4) is 0 Å². The van der Waals surface area contributed by atoms with Gasteiger partial charge in [-0.1, -0.05) is 11.4 Å². The molecule has 0 spiro atoms. The van der Waals surface area contributed by atoms with E-state index in [4.69, 9.17) is 4.84 Å². The zero-order valence-electron chi connectivity index (χ0n) is 12.1. The average molecular weight is 292 g/mol. The van der Waals surface area contributed by atoms with Gasteiger partial charge in [-0.25, -0.2) is 0 Å². The maximum atomic E-state index is 4.97. The van der Waals surface area contributed by atoms with E-state index in [2.05, 4.69) is 36.8 Å². The first-order valence-electron chi connectivity index (χ1n) is 7.50. The van der Waals surface area contributed by atoms with Crippen molar-refractivity contribution >= 4 is 0 Å². The molecule has 1 fully saturated rings. The predicted molar refractivity (Wildman–Crippen MR) is 73.8 cm³/mol. The van der Waals surface area contributed by atoms with Gasteiger partial charge in [0.15, 0.2) is 0 Å². The molecule has 0 radical (unpaired) electrons. The molecule has 1 saturated heterocycles. The first-order chi connectivity index (χ1) is 10.0. The van der Waals surface area contributed by atoms with E-state index in [1.54, 1.807) is 0 Å². The van der Waals surface area contributed by atoms with E-state index in [1.165, 1.54) is 12.8 Å². The number of rotatable bonds is 0. The molecule has 0 atom stereocenters. The van der Waals surface area contributed by atoms with Gasteiger partial charge in [0.1, 0.15) is 0 Å². The fourth-order valence-corrected chi connectivity index (χ4v) is 1.80. The van der Waals surface area contributed by atoms with E-state index < -0.39 is 0 Å². The topological polar surface area (TPSA) is 85.0 Å². The molecule has 8 heteroatoms. The minimum atomic E-state index is 0.556. The monoisotopic (exact) mass is 292 g/mol. The Morgan fingerprint density at radius 2 is 1.30 bits per heavy atom. The van der Waals surface area contributed by atoms with Crippen LogP contribution in [0.25, 0.3) is 0 Å². The predicted octanol–water partition coefficient (Wildman–Crippen LogP) is 0.340. The van der Waals surface area contributed by atoms with Crippen LogP contribution in [0.4, 0.5) is 0 Å². The molecule has 0 amide bonds. The lowest BCUT2D eigenvalue weighted by molar-refractivity contribution is -0.577. The Morgan fingerprint density at radius 3 is 2.15 bits per heavy atom. The van der Waals surface area contributed by atoms with Crippen molar-refractivity contribution in [2.24, 2.45) is 0 Å². The van der Waals surface area contributed by atoms with Crippen molar-refractivity contribution < 1.29 is 19.9 Å². The van der Waals surface area contributed by atoms with Crippen LogP contribution < -0.4 is 21.8 Å². The third-order valence-electron chi connectivity index (χ3n) is 2.91. The van der Waals surface area contributed by atoms with Gasteiger partial charge in [0, 0.05) is 6.54 Å². The zero-order valence-corrected chi connectivity index (χ0v) is 12.1. The quantitative estimate of drug-likeness (QED) is 0.476. The van der Waals surface area contributed by atoms with Crippen molar-refractivity contribution in [3.05, 3.63) is 0 Å². The second kappa shape index (κ2) is 15.1. The highest BCUT2D eigenvalue weighted by atomic mass is 17.6. The molecule has 1 heterocycles. The summed E-state index contributed by atoms with van der Waals surface area (Å²) in [5.41, 5.74) is 4.83. The Hall–Kier alpha value is -0.320. The average Bonchev–Trinajstić information content (AvgIpc) is 2.46. The molecule has 0 aromatic carbocycles. The lowest BCUT2D eigenvalue weighted by Gasteiger charge is -2.08. The highest BCUT2D eigenvalue weighted by Crippen LogP contribution is 1.93. The smallest absolute Gasteiger partial charge is 0.0710 e. The van der Waals surface area contributed by atoms with Crippen LogP contribution in [-0.4, -0.2) is 39.3 Å². The SMILES string of the molecule is C1CCNCCCNCCCCONOOONCC1. The van der Waals surface area contributed by atoms with Crippen LogP contribution in [0.1, 0.15) is 38.5 Å². The first kappa shape index (κ1) is 17.7. The number of hydrogen-bond donors (Lipinski definition) is 4. The van der Waals surface area contributed by atoms with Gasteiger partial charge < -0.3 is 10.6 Å². The number of nitrogens with one attached hydrogen (secondary N) is 4. The van der Waals surface area contributed by atoms with Crippen LogP contribution in [0.2, 0.25) is 0 Å². The van der Waals surface area contributed by atoms with Gasteiger partial charge in [-0.05, 0) is 69.0 Å². The van der Waals surface area contributed by atoms with Crippen molar-refractivity contribution in [3.8, 4) is 0 Å². The van der Waals surface area contributed by atoms with Crippen molar-refractivity contribution in [3.63, 3.8) is 0 Å². The van der Waals surface area contributed by atoms with E-state index in [-0.39, 0.29) is 0 Å². The van der Waals surface area contributed by atoms with E-state index in [9.17, 15) is 0 Å². The highest BCUT2D eigenvalue weighted by molar-refractivity contribution is 4.53. The fraction of sp³-hybridized carbons (Fsp3) is 1.00. The molecule has 4 N–H and O–H groups in total. The molecule has 1 aliphatic heterocycles. The summed E-state index contributed by atoms with van der Waals surface area (Å²) in [6.45, 7) is 5.49. The molecular weight excluding hydrogens is 264 g/mol. The Labute approximate surface area is 120 Å². The maximum absolute atomic E-state index is 4.97. The molecule has 20 heavy (non-hydrogen) atoms. The molecule has 0 aromatic rings. The van der Waals surface area contributed by atoms with Crippen LogP contribution in [0.15, 0.2) is 0 Å². The van der Waals surface area contributed by atoms with Gasteiger partial charge in [0.25, 0.3) is 0 Å². The van der Waals surface area contributed by atoms with Gasteiger partial charge in [-0.2, -0.15) is 5.48 Å². The molecule has 1 rings (SSSR count). The molecule has 8 nitrogen and oxygen atoms in total. The fourth-order valence-electron chi connectivity index (χ4n) is 1.80. The van der Waals surface area contributed by atoms with E-state index in [0.29, 0.717) is 13.2 Å². The Bertz CT molecular complexity index is 114. The van der Waals surface area contributed by atoms with Crippen molar-refractivity contribution in [1.29, 1.82) is 0 Å². The summed E-state index contributed by atoms with van der Waals surface area (Å²) >= 11 is 0. The van der Waals surface area contributed by atoms with Crippen LogP contribution in [0, 0.1) is 0 Å². The normalized spacial score (nSPS) is 24.0. The molecular formula is C12H28N4O4. The molecule has 0 aromatic heterocycles. The van der Waals surface area contributed by atoms with Gasteiger partial charge >= 0.3 is 0 Å². The maximum Gasteiger partial charge on any atom is 0.0710 e. The Balaban J connectivity index is 2.00. The summed E-state index contributed by atoms with van der Waals surface area (Å²) in [7, 11) is 0. The highest BCUT2D eigenvalue weighted by Gasteiger charge is 1.95. The summed E-state index contributed by atoms with van der Waals surface area (Å²) in [5, 5.41) is 11.2. The zero-order chi connectivity index (χ0) is 14.1. The molecule has 120 valence electrons. The second-order valence-electron chi connectivity index (χ2n) is 4.68. The van der Waals surface area contributed by atoms with Crippen molar-refractivity contribution in [2.45, 2.75) is 38.5 Å². The van der Waals surface area contributed by atoms with Crippen LogP contribution in [0.5, 0.6) is 0 Å². The summed E-state index contributed by atoms with van der Waals surface area (Å²) < 4.78 is 0. The third kappa shape index (κ3) is 12.7. The van der Waals surface area contributed by atoms with Gasteiger partial charge in [-0.15, -0.1) is 4.99 Å². The molecule has 0 bridgehead atoms. The largest absolute Gasteiger partial charge is 0.317 e. The van der Waals surface area contributed by atoms with E-state index in [1.807, 2.05) is 0 Å². The van der Waals surface area contributed by atoms with Gasteiger partial charge in [0.05, 0.1) is 6.61 Å². The number of hydrogen-bond acceptors (Lipinski definition) is 8. The Kier molecular flexibility index (Phi) is 13.4. The summed E-state index contributed by atoms with van der Waals surface area (Å²) in [5.74, 6) is 0. The lowest BCUT2D eigenvalue weighted by atomic mass is 10.2. The summed E-state index contributed by atoms with van der Waals surface area (Å²) in [6, 6.07) is 0. The van der Waals surface area contributed by atoms with E-state index in [0.717, 1.165) is 51.9 Å². The standard InChI is InChI=1S/C12H28N4O4/c1-2-7-13-9-6-10-14-8-4-5-12-17-16-19-20-18-15-11-3-1/h13-16H,1-12H2. The van der Waals surface area contributed by atoms with Crippen molar-refractivity contribution in [1.82, 2.24) is 21.8 Å². The first-order valence-corrected chi connectivity index (χ1v) is 7.50. The molecule has 1 aliphatic rings. The van der Waals surface area contributed by atoms with E-state index >= 15 is 0 Å². The van der Waals surface area contributed by atoms with Crippen LogP contribution in [-0.2, 0) is 19.9 Å². The molecule has 0 aliphatic carbocycles. The lowest BCUT2D eigenvalue weighted by Crippen LogP contribution is -2.24. The van der Waals surface area contributed by atoms with Gasteiger partial charge in [0.2, 0.25) is 0 Å². The third-order valence-corrected chi connectivity index (χ3v) is 2.91.